The van der Waals surface area contributed by atoms with Gasteiger partial charge in [0, 0.05) is 11.6 Å². The Morgan fingerprint density at radius 2 is 2.12 bits per heavy atom. The van der Waals surface area contributed by atoms with Crippen LogP contribution in [0.4, 0.5) is 0 Å². The highest BCUT2D eigenvalue weighted by atomic mass is 16.5. The number of nitriles is 1. The number of ether oxygens (including phenoxy) is 2. The minimum absolute atomic E-state index is 0.456. The van der Waals surface area contributed by atoms with E-state index in [1.807, 2.05) is 0 Å². The Morgan fingerprint density at radius 3 is 2.65 bits per heavy atom. The van der Waals surface area contributed by atoms with Crippen molar-refractivity contribution < 1.29 is 14.3 Å². The van der Waals surface area contributed by atoms with E-state index in [0.717, 1.165) is 5.56 Å². The highest BCUT2D eigenvalue weighted by Crippen LogP contribution is 2.24. The summed E-state index contributed by atoms with van der Waals surface area (Å²) in [4.78, 5) is 11.0. The van der Waals surface area contributed by atoms with E-state index in [0.29, 0.717) is 16.9 Å². The monoisotopic (exact) mass is 231 g/mol. The van der Waals surface area contributed by atoms with Gasteiger partial charge in [-0.25, -0.2) is 4.79 Å². The molecule has 88 valence electrons. The van der Waals surface area contributed by atoms with Crippen LogP contribution in [-0.4, -0.2) is 20.2 Å². The van der Waals surface area contributed by atoms with Gasteiger partial charge in [0.25, 0.3) is 0 Å². The van der Waals surface area contributed by atoms with Crippen molar-refractivity contribution in [1.29, 1.82) is 5.26 Å². The molecule has 4 heteroatoms. The van der Waals surface area contributed by atoms with Crippen molar-refractivity contribution >= 4 is 12.0 Å². The lowest BCUT2D eigenvalue weighted by Crippen LogP contribution is -1.96. The molecule has 17 heavy (non-hydrogen) atoms. The summed E-state index contributed by atoms with van der Waals surface area (Å²) in [5, 5.41) is 9.09. The molecule has 0 aromatic heterocycles. The first-order valence-corrected chi connectivity index (χ1v) is 4.97. The van der Waals surface area contributed by atoms with Crippen LogP contribution in [-0.2, 0) is 9.53 Å². The number of benzene rings is 1. The first-order chi connectivity index (χ1) is 8.13. The Labute approximate surface area is 100 Å². The molecule has 0 fully saturated rings. The van der Waals surface area contributed by atoms with Crippen LogP contribution in [0.1, 0.15) is 16.7 Å². The first kappa shape index (κ1) is 12.8. The van der Waals surface area contributed by atoms with Crippen molar-refractivity contribution in [3.63, 3.8) is 0 Å². The van der Waals surface area contributed by atoms with Gasteiger partial charge in [-0.2, -0.15) is 5.26 Å². The van der Waals surface area contributed by atoms with E-state index in [1.54, 1.807) is 32.2 Å². The third-order valence-electron chi connectivity index (χ3n) is 2.38. The lowest BCUT2D eigenvalue weighted by atomic mass is 10.0. The maximum atomic E-state index is 11.0. The van der Waals surface area contributed by atoms with Crippen molar-refractivity contribution in [2.24, 2.45) is 0 Å². The molecule has 0 amide bonds. The van der Waals surface area contributed by atoms with E-state index in [1.165, 1.54) is 13.2 Å². The van der Waals surface area contributed by atoms with E-state index >= 15 is 0 Å². The maximum Gasteiger partial charge on any atom is 0.330 e. The lowest BCUT2D eigenvalue weighted by Gasteiger charge is -2.08. The molecular formula is C13H13NO3. The highest BCUT2D eigenvalue weighted by molar-refractivity contribution is 5.87. The van der Waals surface area contributed by atoms with Gasteiger partial charge < -0.3 is 9.47 Å². The summed E-state index contributed by atoms with van der Waals surface area (Å²) in [6.45, 7) is 1.80. The van der Waals surface area contributed by atoms with Gasteiger partial charge in [0.1, 0.15) is 11.8 Å². The average Bonchev–Trinajstić information content (AvgIpc) is 2.35. The summed E-state index contributed by atoms with van der Waals surface area (Å²) in [5.74, 6) is 0.194. The SMILES string of the molecule is COC(=O)C=Cc1ccc(OC)c(C)c1C#N. The number of esters is 1. The molecule has 0 saturated heterocycles. The summed E-state index contributed by atoms with van der Waals surface area (Å²) in [7, 11) is 2.85. The Kier molecular flexibility index (Phi) is 4.29. The van der Waals surface area contributed by atoms with Crippen LogP contribution in [0.3, 0.4) is 0 Å². The number of carbonyl (C=O) groups is 1. The van der Waals surface area contributed by atoms with Gasteiger partial charge in [0.2, 0.25) is 0 Å². The second kappa shape index (κ2) is 5.71. The van der Waals surface area contributed by atoms with Gasteiger partial charge in [-0.15, -0.1) is 0 Å². The van der Waals surface area contributed by atoms with Crippen LogP contribution >= 0.6 is 0 Å². The van der Waals surface area contributed by atoms with Crippen molar-refractivity contribution in [3.05, 3.63) is 34.9 Å². The largest absolute Gasteiger partial charge is 0.496 e. The lowest BCUT2D eigenvalue weighted by molar-refractivity contribution is -0.134. The highest BCUT2D eigenvalue weighted by Gasteiger charge is 2.08. The molecule has 1 aromatic rings. The van der Waals surface area contributed by atoms with E-state index in [2.05, 4.69) is 10.8 Å². The summed E-state index contributed by atoms with van der Waals surface area (Å²) in [5.41, 5.74) is 1.91. The van der Waals surface area contributed by atoms with E-state index in [9.17, 15) is 4.79 Å². The fraction of sp³-hybridized carbons (Fsp3) is 0.231. The smallest absolute Gasteiger partial charge is 0.330 e. The number of hydrogen-bond donors (Lipinski definition) is 0. The molecule has 4 nitrogen and oxygen atoms in total. The summed E-state index contributed by atoms with van der Waals surface area (Å²) < 4.78 is 9.61. The zero-order valence-electron chi connectivity index (χ0n) is 9.98. The van der Waals surface area contributed by atoms with Crippen LogP contribution in [0.15, 0.2) is 18.2 Å². The number of carbonyl (C=O) groups excluding carboxylic acids is 1. The summed E-state index contributed by atoms with van der Waals surface area (Å²) in [6, 6.07) is 5.58. The molecule has 0 aliphatic rings. The number of rotatable bonds is 3. The Balaban J connectivity index is 3.19. The third kappa shape index (κ3) is 2.85. The molecule has 1 rings (SSSR count). The van der Waals surface area contributed by atoms with Gasteiger partial charge in [0.15, 0.2) is 0 Å². The minimum atomic E-state index is -0.456. The standard InChI is InChI=1S/C13H13NO3/c1-9-11(8-14)10(4-6-12(9)16-2)5-7-13(15)17-3/h4-7H,1-3H3. The molecule has 0 saturated carbocycles. The predicted molar refractivity (Wildman–Crippen MR) is 63.5 cm³/mol. The van der Waals surface area contributed by atoms with Crippen LogP contribution in [0.5, 0.6) is 5.75 Å². The van der Waals surface area contributed by atoms with Crippen LogP contribution < -0.4 is 4.74 Å². The molecular weight excluding hydrogens is 218 g/mol. The Bertz CT molecular complexity index is 498. The topological polar surface area (TPSA) is 59.3 Å². The predicted octanol–water partition coefficient (Wildman–Crippen LogP) is 2.06. The van der Waals surface area contributed by atoms with Crippen LogP contribution in [0.25, 0.3) is 6.08 Å². The third-order valence-corrected chi connectivity index (χ3v) is 2.38. The van der Waals surface area contributed by atoms with Crippen LogP contribution in [0.2, 0.25) is 0 Å². The quantitative estimate of drug-likeness (QED) is 0.590. The van der Waals surface area contributed by atoms with Crippen LogP contribution in [0, 0.1) is 18.3 Å². The van der Waals surface area contributed by atoms with Crippen molar-refractivity contribution in [2.45, 2.75) is 6.92 Å². The normalized spacial score (nSPS) is 10.0. The molecule has 1 aromatic carbocycles. The molecule has 0 aliphatic heterocycles. The van der Waals surface area contributed by atoms with Gasteiger partial charge >= 0.3 is 5.97 Å². The van der Waals surface area contributed by atoms with Gasteiger partial charge in [-0.05, 0) is 30.7 Å². The van der Waals surface area contributed by atoms with E-state index < -0.39 is 5.97 Å². The number of nitrogens with zero attached hydrogens (tertiary/aromatic N) is 1. The van der Waals surface area contributed by atoms with E-state index in [-0.39, 0.29) is 0 Å². The first-order valence-electron chi connectivity index (χ1n) is 4.97. The molecule has 0 spiro atoms. The Hall–Kier alpha value is -2.28. The van der Waals surface area contributed by atoms with Gasteiger partial charge in [0.05, 0.1) is 19.8 Å². The second-order valence-corrected chi connectivity index (χ2v) is 3.33. The minimum Gasteiger partial charge on any atom is -0.496 e. The zero-order chi connectivity index (χ0) is 12.8. The Morgan fingerprint density at radius 1 is 1.41 bits per heavy atom. The number of methoxy groups -OCH3 is 2. The molecule has 0 radical (unpaired) electrons. The van der Waals surface area contributed by atoms with Gasteiger partial charge in [-0.1, -0.05) is 0 Å². The molecule has 0 atom stereocenters. The van der Waals surface area contributed by atoms with Gasteiger partial charge in [-0.3, -0.25) is 0 Å². The average molecular weight is 231 g/mol. The van der Waals surface area contributed by atoms with Crippen molar-refractivity contribution in [1.82, 2.24) is 0 Å². The summed E-state index contributed by atoms with van der Waals surface area (Å²) >= 11 is 0. The molecule has 0 aliphatic carbocycles. The van der Waals surface area contributed by atoms with E-state index in [4.69, 9.17) is 10.00 Å². The van der Waals surface area contributed by atoms with Crippen molar-refractivity contribution in [2.75, 3.05) is 14.2 Å². The summed E-state index contributed by atoms with van der Waals surface area (Å²) in [6.07, 6.45) is 2.83. The molecule has 0 unspecified atom stereocenters. The fourth-order valence-corrected chi connectivity index (χ4v) is 1.45. The fourth-order valence-electron chi connectivity index (χ4n) is 1.45. The zero-order valence-corrected chi connectivity index (χ0v) is 9.98. The van der Waals surface area contributed by atoms with Crippen molar-refractivity contribution in [3.8, 4) is 11.8 Å². The molecule has 0 bridgehead atoms. The molecule has 0 N–H and O–H groups in total. The second-order valence-electron chi connectivity index (χ2n) is 3.33. The maximum absolute atomic E-state index is 11.0. The number of hydrogen-bond acceptors (Lipinski definition) is 4. The molecule has 0 heterocycles.